The molecule has 1 amide bonds. The van der Waals surface area contributed by atoms with Gasteiger partial charge in [-0.1, -0.05) is 54.6 Å². The second kappa shape index (κ2) is 8.82. The summed E-state index contributed by atoms with van der Waals surface area (Å²) >= 11 is 0. The van der Waals surface area contributed by atoms with Crippen LogP contribution in [-0.4, -0.2) is 38.9 Å². The molecule has 0 radical (unpaired) electrons. The number of ether oxygens (including phenoxy) is 2. The van der Waals surface area contributed by atoms with E-state index < -0.39 is 0 Å². The van der Waals surface area contributed by atoms with E-state index in [1.807, 2.05) is 83.8 Å². The second-order valence-corrected chi connectivity index (χ2v) is 7.84. The standard InChI is InChI=1S/C27H25N3O3/c1-32-21-14-13-19(17-22(21)33-2)26-23-24(18-9-5-3-6-10-18)28-15-16-29-25(23)27(31)30(26)20-11-7-4-8-12-20/h3-14,17,26,29H,15-16H2,1-2H3. The molecule has 3 aromatic rings. The normalized spacial score (nSPS) is 17.8. The van der Waals surface area contributed by atoms with E-state index in [1.54, 1.807) is 14.2 Å². The molecule has 1 N–H and O–H groups in total. The zero-order chi connectivity index (χ0) is 22.8. The van der Waals surface area contributed by atoms with Crippen LogP contribution < -0.4 is 19.7 Å². The second-order valence-electron chi connectivity index (χ2n) is 7.84. The molecule has 166 valence electrons. The first-order valence-corrected chi connectivity index (χ1v) is 10.9. The van der Waals surface area contributed by atoms with Gasteiger partial charge in [0.05, 0.1) is 32.5 Å². The Labute approximate surface area is 193 Å². The number of hydrogen-bond acceptors (Lipinski definition) is 5. The van der Waals surface area contributed by atoms with Gasteiger partial charge < -0.3 is 14.8 Å². The van der Waals surface area contributed by atoms with Crippen LogP contribution in [0.1, 0.15) is 17.2 Å². The van der Waals surface area contributed by atoms with Crippen molar-refractivity contribution in [1.29, 1.82) is 0 Å². The maximum atomic E-state index is 13.8. The Bertz CT molecular complexity index is 1240. The number of hydrogen-bond donors (Lipinski definition) is 1. The molecule has 5 rings (SSSR count). The van der Waals surface area contributed by atoms with Crippen molar-refractivity contribution < 1.29 is 14.3 Å². The molecule has 33 heavy (non-hydrogen) atoms. The molecule has 0 fully saturated rings. The summed E-state index contributed by atoms with van der Waals surface area (Å²) in [6, 6.07) is 25.2. The van der Waals surface area contributed by atoms with Gasteiger partial charge in [0, 0.05) is 23.4 Å². The van der Waals surface area contributed by atoms with Crippen LogP contribution in [0.4, 0.5) is 5.69 Å². The van der Waals surface area contributed by atoms with Crippen molar-refractivity contribution in [2.45, 2.75) is 6.04 Å². The van der Waals surface area contributed by atoms with Gasteiger partial charge >= 0.3 is 0 Å². The number of nitrogens with one attached hydrogen (secondary N) is 1. The number of amides is 1. The highest BCUT2D eigenvalue weighted by Crippen LogP contribution is 2.44. The van der Waals surface area contributed by atoms with Gasteiger partial charge in [0.15, 0.2) is 11.5 Å². The van der Waals surface area contributed by atoms with Gasteiger partial charge in [0.25, 0.3) is 5.91 Å². The fourth-order valence-electron chi connectivity index (χ4n) is 4.51. The average Bonchev–Trinajstić information content (AvgIpc) is 3.01. The van der Waals surface area contributed by atoms with E-state index in [4.69, 9.17) is 14.5 Å². The number of nitrogens with zero attached hydrogens (tertiary/aromatic N) is 2. The lowest BCUT2D eigenvalue weighted by Gasteiger charge is -2.28. The quantitative estimate of drug-likeness (QED) is 0.649. The summed E-state index contributed by atoms with van der Waals surface area (Å²) in [4.78, 5) is 20.6. The first-order valence-electron chi connectivity index (χ1n) is 10.9. The molecule has 0 spiro atoms. The van der Waals surface area contributed by atoms with E-state index in [9.17, 15) is 4.79 Å². The Morgan fingerprint density at radius 3 is 2.30 bits per heavy atom. The summed E-state index contributed by atoms with van der Waals surface area (Å²) in [5, 5.41) is 3.36. The molecule has 0 saturated carbocycles. The molecule has 2 aliphatic rings. The molecule has 0 saturated heterocycles. The average molecular weight is 440 g/mol. The fraction of sp³-hybridized carbons (Fsp3) is 0.185. The largest absolute Gasteiger partial charge is 0.493 e. The van der Waals surface area contributed by atoms with Crippen LogP contribution in [0.25, 0.3) is 0 Å². The Morgan fingerprint density at radius 1 is 0.909 bits per heavy atom. The van der Waals surface area contributed by atoms with Crippen LogP contribution in [0.15, 0.2) is 95.1 Å². The molecule has 2 heterocycles. The van der Waals surface area contributed by atoms with Crippen LogP contribution in [0, 0.1) is 0 Å². The van der Waals surface area contributed by atoms with E-state index in [0.29, 0.717) is 30.3 Å². The van der Waals surface area contributed by atoms with E-state index in [1.165, 1.54) is 0 Å². The van der Waals surface area contributed by atoms with Crippen LogP contribution in [0.2, 0.25) is 0 Å². The zero-order valence-electron chi connectivity index (χ0n) is 18.6. The van der Waals surface area contributed by atoms with Crippen LogP contribution >= 0.6 is 0 Å². The highest BCUT2D eigenvalue weighted by molar-refractivity contribution is 6.23. The third kappa shape index (κ3) is 3.63. The van der Waals surface area contributed by atoms with Crippen LogP contribution in [-0.2, 0) is 4.79 Å². The predicted octanol–water partition coefficient (Wildman–Crippen LogP) is 4.14. The summed E-state index contributed by atoms with van der Waals surface area (Å²) in [5.41, 5.74) is 5.04. The number of rotatable bonds is 5. The van der Waals surface area contributed by atoms with Crippen LogP contribution in [0.3, 0.4) is 0 Å². The lowest BCUT2D eigenvalue weighted by Crippen LogP contribution is -2.33. The number of methoxy groups -OCH3 is 2. The summed E-state index contributed by atoms with van der Waals surface area (Å²) in [6.07, 6.45) is 0. The van der Waals surface area contributed by atoms with E-state index in [0.717, 1.165) is 28.1 Å². The van der Waals surface area contributed by atoms with Gasteiger partial charge in [0.1, 0.15) is 5.70 Å². The minimum atomic E-state index is -0.376. The van der Waals surface area contributed by atoms with Gasteiger partial charge in [-0.3, -0.25) is 14.7 Å². The van der Waals surface area contributed by atoms with Gasteiger partial charge in [-0.25, -0.2) is 0 Å². The molecular formula is C27H25N3O3. The Hall–Kier alpha value is -4.06. The van der Waals surface area contributed by atoms with Gasteiger partial charge in [-0.15, -0.1) is 0 Å². The third-order valence-corrected chi connectivity index (χ3v) is 5.98. The van der Waals surface area contributed by atoms with Crippen LogP contribution in [0.5, 0.6) is 11.5 Å². The first-order chi connectivity index (χ1) is 16.2. The number of aliphatic imine (C=N–C) groups is 1. The van der Waals surface area contributed by atoms with Crippen molar-refractivity contribution in [1.82, 2.24) is 5.32 Å². The summed E-state index contributed by atoms with van der Waals surface area (Å²) in [5.74, 6) is 1.19. The number of benzene rings is 3. The third-order valence-electron chi connectivity index (χ3n) is 5.98. The highest BCUT2D eigenvalue weighted by Gasteiger charge is 2.44. The fourth-order valence-corrected chi connectivity index (χ4v) is 4.51. The molecule has 6 heteroatoms. The summed E-state index contributed by atoms with van der Waals surface area (Å²) in [6.45, 7) is 1.19. The van der Waals surface area contributed by atoms with Crippen molar-refractivity contribution in [3.05, 3.63) is 101 Å². The Kier molecular flexibility index (Phi) is 5.57. The SMILES string of the molecule is COc1ccc(C2C3=C(NCCN=C3c3ccccc3)C(=O)N2c2ccccc2)cc1OC. The number of anilines is 1. The maximum Gasteiger partial charge on any atom is 0.275 e. The lowest BCUT2D eigenvalue weighted by molar-refractivity contribution is -0.115. The van der Waals surface area contributed by atoms with Gasteiger partial charge in [-0.2, -0.15) is 0 Å². The molecule has 0 aliphatic carbocycles. The number of carbonyl (C=O) groups excluding carboxylic acids is 1. The van der Waals surface area contributed by atoms with Gasteiger partial charge in [-0.05, 0) is 29.8 Å². The minimum absolute atomic E-state index is 0.0680. The topological polar surface area (TPSA) is 63.2 Å². The smallest absolute Gasteiger partial charge is 0.275 e. The first kappa shape index (κ1) is 20.8. The Morgan fingerprint density at radius 2 is 1.61 bits per heavy atom. The molecule has 1 unspecified atom stereocenters. The summed E-state index contributed by atoms with van der Waals surface area (Å²) in [7, 11) is 3.23. The predicted molar refractivity (Wildman–Crippen MR) is 129 cm³/mol. The number of para-hydroxylation sites is 1. The highest BCUT2D eigenvalue weighted by atomic mass is 16.5. The molecule has 6 nitrogen and oxygen atoms in total. The minimum Gasteiger partial charge on any atom is -0.493 e. The van der Waals surface area contributed by atoms with Crippen molar-refractivity contribution in [2.75, 3.05) is 32.2 Å². The van der Waals surface area contributed by atoms with Gasteiger partial charge in [0.2, 0.25) is 0 Å². The molecule has 0 bridgehead atoms. The monoisotopic (exact) mass is 439 g/mol. The van der Waals surface area contributed by atoms with E-state index in [-0.39, 0.29) is 11.9 Å². The zero-order valence-corrected chi connectivity index (χ0v) is 18.6. The molecule has 0 aromatic heterocycles. The van der Waals surface area contributed by atoms with E-state index >= 15 is 0 Å². The van der Waals surface area contributed by atoms with E-state index in [2.05, 4.69) is 5.32 Å². The van der Waals surface area contributed by atoms with Crippen molar-refractivity contribution >= 4 is 17.3 Å². The summed E-state index contributed by atoms with van der Waals surface area (Å²) < 4.78 is 11.0. The number of carbonyl (C=O) groups is 1. The van der Waals surface area contributed by atoms with Crippen molar-refractivity contribution in [3.63, 3.8) is 0 Å². The lowest BCUT2D eigenvalue weighted by atomic mass is 9.91. The van der Waals surface area contributed by atoms with Crippen molar-refractivity contribution in [3.8, 4) is 11.5 Å². The van der Waals surface area contributed by atoms with Crippen molar-refractivity contribution in [2.24, 2.45) is 4.99 Å². The molecule has 2 aliphatic heterocycles. The molecular weight excluding hydrogens is 414 g/mol. The Balaban J connectivity index is 1.74. The molecule has 3 aromatic carbocycles. The molecule has 1 atom stereocenters. The maximum absolute atomic E-state index is 13.8.